The molecule has 1 aromatic carbocycles. The van der Waals surface area contributed by atoms with E-state index >= 15 is 0 Å². The first-order valence-electron chi connectivity index (χ1n) is 6.51. The van der Waals surface area contributed by atoms with E-state index in [9.17, 15) is 4.21 Å². The van der Waals surface area contributed by atoms with Gasteiger partial charge in [0.05, 0.1) is 20.7 Å². The molecule has 5 heteroatoms. The Bertz CT molecular complexity index is 543. The second-order valence-corrected chi connectivity index (χ2v) is 7.22. The van der Waals surface area contributed by atoms with Crippen LogP contribution in [0.15, 0.2) is 33.5 Å². The molecule has 0 aromatic heterocycles. The number of hydrogen-bond acceptors (Lipinski definition) is 4. The third-order valence-electron chi connectivity index (χ3n) is 3.54. The third-order valence-corrected chi connectivity index (χ3v) is 6.02. The summed E-state index contributed by atoms with van der Waals surface area (Å²) in [5.41, 5.74) is 1.13. The van der Waals surface area contributed by atoms with Crippen molar-refractivity contribution in [2.24, 2.45) is 4.36 Å². The van der Waals surface area contributed by atoms with Crippen LogP contribution in [0.25, 0.3) is 0 Å². The number of nitrogens with zero attached hydrogens (tertiary/aromatic N) is 1. The fourth-order valence-electron chi connectivity index (χ4n) is 2.58. The van der Waals surface area contributed by atoms with Gasteiger partial charge in [-0.2, -0.15) is 0 Å². The standard InChI is InChI=1S/C13H19N3OS/c17-18(16-12-5-6-14-10-12)8-7-15-9-11-3-1-2-4-13(11)18/h1-4,12,14-15H,5-10H2. The Morgan fingerprint density at radius 2 is 2.11 bits per heavy atom. The van der Waals surface area contributed by atoms with Gasteiger partial charge in [0.25, 0.3) is 0 Å². The quantitative estimate of drug-likeness (QED) is 0.796. The molecule has 2 atom stereocenters. The van der Waals surface area contributed by atoms with Crippen LogP contribution < -0.4 is 10.6 Å². The Morgan fingerprint density at radius 3 is 2.94 bits per heavy atom. The van der Waals surface area contributed by atoms with Crippen LogP contribution in [0.4, 0.5) is 0 Å². The normalized spacial score (nSPS) is 31.7. The number of fused-ring (bicyclic) bond motifs is 1. The van der Waals surface area contributed by atoms with Crippen molar-refractivity contribution in [3.63, 3.8) is 0 Å². The van der Waals surface area contributed by atoms with Gasteiger partial charge < -0.3 is 10.6 Å². The Hall–Kier alpha value is -0.910. The lowest BCUT2D eigenvalue weighted by Gasteiger charge is -2.12. The van der Waals surface area contributed by atoms with E-state index in [1.165, 1.54) is 0 Å². The molecule has 0 spiro atoms. The van der Waals surface area contributed by atoms with Gasteiger partial charge in [-0.25, -0.2) is 8.57 Å². The smallest absolute Gasteiger partial charge is 0.0771 e. The maximum Gasteiger partial charge on any atom is 0.0771 e. The number of rotatable bonds is 1. The van der Waals surface area contributed by atoms with Crippen molar-refractivity contribution in [3.8, 4) is 0 Å². The first-order valence-corrected chi connectivity index (χ1v) is 8.20. The predicted molar refractivity (Wildman–Crippen MR) is 73.1 cm³/mol. The lowest BCUT2D eigenvalue weighted by atomic mass is 10.2. The Kier molecular flexibility index (Phi) is 3.37. The molecule has 2 unspecified atom stereocenters. The molecular weight excluding hydrogens is 246 g/mol. The highest BCUT2D eigenvalue weighted by atomic mass is 32.2. The topological polar surface area (TPSA) is 53.5 Å². The molecule has 1 aromatic rings. The van der Waals surface area contributed by atoms with Crippen molar-refractivity contribution in [1.82, 2.24) is 10.6 Å². The summed E-state index contributed by atoms with van der Waals surface area (Å²) in [6, 6.07) is 8.21. The molecule has 0 aliphatic carbocycles. The van der Waals surface area contributed by atoms with E-state index in [-0.39, 0.29) is 6.04 Å². The molecule has 2 heterocycles. The molecule has 98 valence electrons. The molecule has 2 aliphatic heterocycles. The molecule has 4 nitrogen and oxygen atoms in total. The first-order chi connectivity index (χ1) is 8.78. The number of hydrogen-bond donors (Lipinski definition) is 2. The highest BCUT2D eigenvalue weighted by Gasteiger charge is 2.23. The van der Waals surface area contributed by atoms with E-state index in [0.29, 0.717) is 5.75 Å². The van der Waals surface area contributed by atoms with Gasteiger partial charge in [0.2, 0.25) is 0 Å². The van der Waals surface area contributed by atoms with Crippen LogP contribution >= 0.6 is 0 Å². The zero-order valence-electron chi connectivity index (χ0n) is 10.4. The van der Waals surface area contributed by atoms with Crippen LogP contribution in [0, 0.1) is 0 Å². The van der Waals surface area contributed by atoms with Crippen LogP contribution in [0.2, 0.25) is 0 Å². The second-order valence-electron chi connectivity index (χ2n) is 4.88. The molecule has 0 amide bonds. The zero-order chi connectivity index (χ0) is 12.4. The Balaban J connectivity index is 2.07. The van der Waals surface area contributed by atoms with Gasteiger partial charge in [-0.3, -0.25) is 0 Å². The summed E-state index contributed by atoms with van der Waals surface area (Å²) in [4.78, 5) is 0.946. The third kappa shape index (κ3) is 2.30. The molecule has 18 heavy (non-hydrogen) atoms. The molecule has 0 radical (unpaired) electrons. The van der Waals surface area contributed by atoms with E-state index < -0.39 is 9.73 Å². The maximum atomic E-state index is 13.2. The molecule has 2 N–H and O–H groups in total. The van der Waals surface area contributed by atoms with Gasteiger partial charge in [0.15, 0.2) is 0 Å². The molecule has 0 bridgehead atoms. The average Bonchev–Trinajstić information content (AvgIpc) is 2.82. The molecule has 1 fully saturated rings. The van der Waals surface area contributed by atoms with E-state index in [4.69, 9.17) is 4.36 Å². The SMILES string of the molecule is O=S1(=NC2CCNC2)CCNCc2ccccc21. The minimum absolute atomic E-state index is 0.212. The molecular formula is C13H19N3OS. The van der Waals surface area contributed by atoms with Crippen molar-refractivity contribution in [1.29, 1.82) is 0 Å². The molecule has 3 rings (SSSR count). The van der Waals surface area contributed by atoms with E-state index in [0.717, 1.165) is 43.1 Å². The largest absolute Gasteiger partial charge is 0.314 e. The van der Waals surface area contributed by atoms with Gasteiger partial charge in [-0.1, -0.05) is 18.2 Å². The van der Waals surface area contributed by atoms with Crippen molar-refractivity contribution in [3.05, 3.63) is 29.8 Å². The van der Waals surface area contributed by atoms with Gasteiger partial charge in [0.1, 0.15) is 0 Å². The fraction of sp³-hybridized carbons (Fsp3) is 0.538. The van der Waals surface area contributed by atoms with Crippen LogP contribution in [0.3, 0.4) is 0 Å². The summed E-state index contributed by atoms with van der Waals surface area (Å²) in [5.74, 6) is 0.626. The van der Waals surface area contributed by atoms with Crippen LogP contribution in [-0.2, 0) is 16.3 Å². The predicted octanol–water partition coefficient (Wildman–Crippen LogP) is 0.979. The minimum Gasteiger partial charge on any atom is -0.314 e. The second kappa shape index (κ2) is 4.99. The van der Waals surface area contributed by atoms with Crippen molar-refractivity contribution in [2.45, 2.75) is 23.9 Å². The summed E-state index contributed by atoms with van der Waals surface area (Å²) in [6.45, 7) is 3.43. The summed E-state index contributed by atoms with van der Waals surface area (Å²) in [6.07, 6.45) is 1.01. The monoisotopic (exact) mass is 265 g/mol. The van der Waals surface area contributed by atoms with Crippen LogP contribution in [-0.4, -0.2) is 35.6 Å². The zero-order valence-corrected chi connectivity index (χ0v) is 11.2. The molecule has 1 saturated heterocycles. The minimum atomic E-state index is -2.25. The van der Waals surface area contributed by atoms with Gasteiger partial charge in [-0.15, -0.1) is 0 Å². The summed E-state index contributed by atoms with van der Waals surface area (Å²) < 4.78 is 17.9. The van der Waals surface area contributed by atoms with Gasteiger partial charge in [-0.05, 0) is 24.6 Å². The molecule has 0 saturated carbocycles. The van der Waals surface area contributed by atoms with Crippen molar-refractivity contribution < 1.29 is 4.21 Å². The lowest BCUT2D eigenvalue weighted by molar-refractivity contribution is 0.662. The number of nitrogens with one attached hydrogen (secondary N) is 2. The summed E-state index contributed by atoms with van der Waals surface area (Å²) in [7, 11) is -2.25. The van der Waals surface area contributed by atoms with E-state index in [2.05, 4.69) is 16.7 Å². The van der Waals surface area contributed by atoms with Gasteiger partial charge >= 0.3 is 0 Å². The summed E-state index contributed by atoms with van der Waals surface area (Å²) >= 11 is 0. The first kappa shape index (κ1) is 12.1. The van der Waals surface area contributed by atoms with Crippen LogP contribution in [0.5, 0.6) is 0 Å². The lowest BCUT2D eigenvalue weighted by Crippen LogP contribution is -2.20. The average molecular weight is 265 g/mol. The van der Waals surface area contributed by atoms with Crippen LogP contribution in [0.1, 0.15) is 12.0 Å². The van der Waals surface area contributed by atoms with Gasteiger partial charge in [0, 0.05) is 25.4 Å². The Labute approximate surface area is 108 Å². The highest BCUT2D eigenvalue weighted by molar-refractivity contribution is 7.93. The summed E-state index contributed by atoms with van der Waals surface area (Å²) in [5, 5.41) is 6.61. The maximum absolute atomic E-state index is 13.2. The van der Waals surface area contributed by atoms with Crippen molar-refractivity contribution in [2.75, 3.05) is 25.4 Å². The Morgan fingerprint density at radius 1 is 1.22 bits per heavy atom. The highest BCUT2D eigenvalue weighted by Crippen LogP contribution is 2.23. The van der Waals surface area contributed by atoms with E-state index in [1.54, 1.807) is 0 Å². The fourth-order valence-corrected chi connectivity index (χ4v) is 4.95. The van der Waals surface area contributed by atoms with E-state index in [1.807, 2.05) is 18.2 Å². The van der Waals surface area contributed by atoms with Crippen molar-refractivity contribution >= 4 is 9.73 Å². The number of benzene rings is 1. The molecule has 2 aliphatic rings.